The van der Waals surface area contributed by atoms with Crippen molar-refractivity contribution in [3.8, 4) is 0 Å². The van der Waals surface area contributed by atoms with Crippen LogP contribution in [0.15, 0.2) is 30.3 Å². The maximum Gasteiger partial charge on any atom is 0.251 e. The fraction of sp³-hybridized carbons (Fsp3) is 0.500. The number of nitrogens with zero attached hydrogens (tertiary/aromatic N) is 1. The van der Waals surface area contributed by atoms with E-state index in [1.807, 2.05) is 32.0 Å². The first-order chi connectivity index (χ1) is 10.1. The van der Waals surface area contributed by atoms with Gasteiger partial charge in [-0.2, -0.15) is 0 Å². The lowest BCUT2D eigenvalue weighted by atomic mass is 10.0. The molecule has 114 valence electrons. The van der Waals surface area contributed by atoms with E-state index in [2.05, 4.69) is 5.32 Å². The van der Waals surface area contributed by atoms with Crippen LogP contribution in [0.25, 0.3) is 0 Å². The molecule has 1 heterocycles. The quantitative estimate of drug-likeness (QED) is 0.909. The van der Waals surface area contributed by atoms with Crippen LogP contribution in [0, 0.1) is 5.92 Å². The SMILES string of the molecule is CC(C)[C@@H](NC(=O)c1ccccc1)C(=O)N1CCOCC1. The number of ether oxygens (including phenoxy) is 1. The van der Waals surface area contributed by atoms with Crippen molar-refractivity contribution in [2.75, 3.05) is 26.3 Å². The molecular formula is C16H22N2O3. The molecule has 5 nitrogen and oxygen atoms in total. The molecule has 1 fully saturated rings. The zero-order valence-electron chi connectivity index (χ0n) is 12.5. The van der Waals surface area contributed by atoms with Crippen molar-refractivity contribution < 1.29 is 14.3 Å². The number of morpholine rings is 1. The average Bonchev–Trinajstić information content (AvgIpc) is 2.53. The largest absolute Gasteiger partial charge is 0.378 e. The molecule has 0 bridgehead atoms. The van der Waals surface area contributed by atoms with E-state index < -0.39 is 6.04 Å². The molecule has 21 heavy (non-hydrogen) atoms. The van der Waals surface area contributed by atoms with E-state index in [-0.39, 0.29) is 17.7 Å². The summed E-state index contributed by atoms with van der Waals surface area (Å²) in [4.78, 5) is 26.6. The molecule has 1 aliphatic heterocycles. The van der Waals surface area contributed by atoms with Gasteiger partial charge >= 0.3 is 0 Å². The molecular weight excluding hydrogens is 268 g/mol. The number of hydrogen-bond donors (Lipinski definition) is 1. The molecule has 1 atom stereocenters. The summed E-state index contributed by atoms with van der Waals surface area (Å²) in [6.07, 6.45) is 0. The third-order valence-electron chi connectivity index (χ3n) is 3.58. The molecule has 1 aromatic carbocycles. The van der Waals surface area contributed by atoms with Crippen molar-refractivity contribution in [1.82, 2.24) is 10.2 Å². The van der Waals surface area contributed by atoms with E-state index in [4.69, 9.17) is 4.74 Å². The number of benzene rings is 1. The molecule has 5 heteroatoms. The lowest BCUT2D eigenvalue weighted by molar-refractivity contribution is -0.138. The smallest absolute Gasteiger partial charge is 0.251 e. The van der Waals surface area contributed by atoms with Gasteiger partial charge in [0.15, 0.2) is 0 Å². The summed E-state index contributed by atoms with van der Waals surface area (Å²) in [6.45, 7) is 6.17. The van der Waals surface area contributed by atoms with Crippen molar-refractivity contribution >= 4 is 11.8 Å². The maximum atomic E-state index is 12.6. The number of carbonyl (C=O) groups is 2. The van der Waals surface area contributed by atoms with Crippen molar-refractivity contribution in [2.45, 2.75) is 19.9 Å². The van der Waals surface area contributed by atoms with Crippen LogP contribution in [0.1, 0.15) is 24.2 Å². The standard InChI is InChI=1S/C16H22N2O3/c1-12(2)14(16(20)18-8-10-21-11-9-18)17-15(19)13-6-4-3-5-7-13/h3-7,12,14H,8-11H2,1-2H3,(H,17,19)/t14-/m1/s1. The molecule has 0 radical (unpaired) electrons. The summed E-state index contributed by atoms with van der Waals surface area (Å²) in [5, 5.41) is 2.86. The van der Waals surface area contributed by atoms with Crippen molar-refractivity contribution in [2.24, 2.45) is 5.92 Å². The van der Waals surface area contributed by atoms with E-state index in [1.54, 1.807) is 17.0 Å². The highest BCUT2D eigenvalue weighted by Crippen LogP contribution is 2.10. The molecule has 1 aromatic rings. The number of nitrogens with one attached hydrogen (secondary N) is 1. The Hall–Kier alpha value is -1.88. The minimum atomic E-state index is -0.504. The highest BCUT2D eigenvalue weighted by Gasteiger charge is 2.29. The van der Waals surface area contributed by atoms with E-state index >= 15 is 0 Å². The molecule has 1 N–H and O–H groups in total. The summed E-state index contributed by atoms with van der Waals surface area (Å²) < 4.78 is 5.26. The van der Waals surface area contributed by atoms with Crippen LogP contribution < -0.4 is 5.32 Å². The molecule has 0 aliphatic carbocycles. The van der Waals surface area contributed by atoms with Gasteiger partial charge in [0.05, 0.1) is 13.2 Å². The highest BCUT2D eigenvalue weighted by molar-refractivity contribution is 5.97. The third kappa shape index (κ3) is 4.04. The minimum Gasteiger partial charge on any atom is -0.378 e. The van der Waals surface area contributed by atoms with Crippen molar-refractivity contribution in [3.05, 3.63) is 35.9 Å². The molecule has 1 aliphatic rings. The predicted molar refractivity (Wildman–Crippen MR) is 79.9 cm³/mol. The van der Waals surface area contributed by atoms with Gasteiger partial charge in [-0.05, 0) is 18.1 Å². The first-order valence-corrected chi connectivity index (χ1v) is 7.32. The number of rotatable bonds is 4. The van der Waals surface area contributed by atoms with E-state index in [9.17, 15) is 9.59 Å². The van der Waals surface area contributed by atoms with Gasteiger partial charge in [0.2, 0.25) is 5.91 Å². The Kier molecular flexibility index (Phi) is 5.33. The van der Waals surface area contributed by atoms with Crippen LogP contribution in [0.5, 0.6) is 0 Å². The Bertz CT molecular complexity index is 482. The van der Waals surface area contributed by atoms with Gasteiger partial charge in [-0.3, -0.25) is 9.59 Å². The zero-order chi connectivity index (χ0) is 15.2. The first kappa shape index (κ1) is 15.5. The first-order valence-electron chi connectivity index (χ1n) is 7.32. The van der Waals surface area contributed by atoms with Gasteiger partial charge in [-0.25, -0.2) is 0 Å². The summed E-state index contributed by atoms with van der Waals surface area (Å²) in [6, 6.07) is 8.45. The Morgan fingerprint density at radius 2 is 1.76 bits per heavy atom. The Morgan fingerprint density at radius 3 is 2.33 bits per heavy atom. The summed E-state index contributed by atoms with van der Waals surface area (Å²) in [5.74, 6) is -0.207. The zero-order valence-corrected chi connectivity index (χ0v) is 12.5. The van der Waals surface area contributed by atoms with Gasteiger partial charge in [0.1, 0.15) is 6.04 Å². The Balaban J connectivity index is 2.05. The average molecular weight is 290 g/mol. The molecule has 0 unspecified atom stereocenters. The molecule has 0 spiro atoms. The minimum absolute atomic E-state index is 0.0300. The highest BCUT2D eigenvalue weighted by atomic mass is 16.5. The van der Waals surface area contributed by atoms with Gasteiger partial charge < -0.3 is 15.0 Å². The van der Waals surface area contributed by atoms with Crippen molar-refractivity contribution in [3.63, 3.8) is 0 Å². The van der Waals surface area contributed by atoms with Gasteiger partial charge in [-0.1, -0.05) is 32.0 Å². The Morgan fingerprint density at radius 1 is 1.14 bits per heavy atom. The topological polar surface area (TPSA) is 58.6 Å². The molecule has 2 rings (SSSR count). The van der Waals surface area contributed by atoms with Crippen LogP contribution in [0.2, 0.25) is 0 Å². The van der Waals surface area contributed by atoms with Crippen molar-refractivity contribution in [1.29, 1.82) is 0 Å². The van der Waals surface area contributed by atoms with Crippen LogP contribution in [-0.4, -0.2) is 49.1 Å². The van der Waals surface area contributed by atoms with Crippen LogP contribution in [-0.2, 0) is 9.53 Å². The third-order valence-corrected chi connectivity index (χ3v) is 3.58. The maximum absolute atomic E-state index is 12.6. The lowest BCUT2D eigenvalue weighted by Crippen LogP contribution is -2.53. The molecule has 0 aromatic heterocycles. The molecule has 2 amide bonds. The van der Waals surface area contributed by atoms with E-state index in [0.717, 1.165) is 0 Å². The predicted octanol–water partition coefficient (Wildman–Crippen LogP) is 1.30. The number of hydrogen-bond acceptors (Lipinski definition) is 3. The summed E-state index contributed by atoms with van der Waals surface area (Å²) >= 11 is 0. The summed E-state index contributed by atoms with van der Waals surface area (Å²) in [7, 11) is 0. The second-order valence-corrected chi connectivity index (χ2v) is 5.50. The van der Waals surface area contributed by atoms with Crippen LogP contribution >= 0.6 is 0 Å². The second kappa shape index (κ2) is 7.22. The second-order valence-electron chi connectivity index (χ2n) is 5.50. The Labute approximate surface area is 125 Å². The number of carbonyl (C=O) groups excluding carboxylic acids is 2. The fourth-order valence-corrected chi connectivity index (χ4v) is 2.31. The van der Waals surface area contributed by atoms with Crippen LogP contribution in [0.4, 0.5) is 0 Å². The fourth-order valence-electron chi connectivity index (χ4n) is 2.31. The number of amides is 2. The summed E-state index contributed by atoms with van der Waals surface area (Å²) in [5.41, 5.74) is 0.568. The van der Waals surface area contributed by atoms with Gasteiger partial charge in [0.25, 0.3) is 5.91 Å². The van der Waals surface area contributed by atoms with Crippen LogP contribution in [0.3, 0.4) is 0 Å². The van der Waals surface area contributed by atoms with Gasteiger partial charge in [-0.15, -0.1) is 0 Å². The van der Waals surface area contributed by atoms with E-state index in [1.165, 1.54) is 0 Å². The molecule has 0 saturated carbocycles. The molecule has 1 saturated heterocycles. The lowest BCUT2D eigenvalue weighted by Gasteiger charge is -2.32. The van der Waals surface area contributed by atoms with Gasteiger partial charge in [0, 0.05) is 18.7 Å². The van der Waals surface area contributed by atoms with E-state index in [0.29, 0.717) is 31.9 Å². The normalized spacial score (nSPS) is 16.6. The monoisotopic (exact) mass is 290 g/mol.